The normalized spacial score (nSPS) is 21.1. The number of amides is 1. The Kier molecular flexibility index (Phi) is 7.09. The Bertz CT molecular complexity index is 434. The van der Waals surface area contributed by atoms with E-state index >= 15 is 0 Å². The van der Waals surface area contributed by atoms with Gasteiger partial charge in [0.25, 0.3) is 0 Å². The second-order valence-corrected chi connectivity index (χ2v) is 7.95. The van der Waals surface area contributed by atoms with Crippen molar-refractivity contribution in [2.45, 2.75) is 45.2 Å². The van der Waals surface area contributed by atoms with Crippen molar-refractivity contribution in [1.29, 1.82) is 0 Å². The number of likely N-dealkylation sites (N-methyl/N-ethyl adjacent to an activating group) is 1. The van der Waals surface area contributed by atoms with E-state index in [0.29, 0.717) is 13.0 Å². The first-order chi connectivity index (χ1) is 9.84. The third-order valence-electron chi connectivity index (χ3n) is 4.33. The Labute approximate surface area is 128 Å². The van der Waals surface area contributed by atoms with Crippen LogP contribution in [0.3, 0.4) is 0 Å². The van der Waals surface area contributed by atoms with Gasteiger partial charge in [-0.15, -0.1) is 0 Å². The average Bonchev–Trinajstić information content (AvgIpc) is 2.79. The molecule has 1 heterocycles. The molecule has 1 amide bonds. The Morgan fingerprint density at radius 2 is 1.95 bits per heavy atom. The van der Waals surface area contributed by atoms with Crippen LogP contribution in [0, 0.1) is 0 Å². The summed E-state index contributed by atoms with van der Waals surface area (Å²) in [6.45, 7) is 4.85. The van der Waals surface area contributed by atoms with Crippen LogP contribution in [0.15, 0.2) is 0 Å². The van der Waals surface area contributed by atoms with Crippen molar-refractivity contribution in [3.8, 4) is 0 Å². The van der Waals surface area contributed by atoms with E-state index in [1.54, 1.807) is 11.9 Å². The molecule has 6 nitrogen and oxygen atoms in total. The number of hydrogen-bond acceptors (Lipinski definition) is 5. The smallest absolute Gasteiger partial charge is 0.236 e. The van der Waals surface area contributed by atoms with E-state index in [-0.39, 0.29) is 42.6 Å². The predicted octanol–water partition coefficient (Wildman–Crippen LogP) is 0.115. The van der Waals surface area contributed by atoms with Gasteiger partial charge < -0.3 is 10.0 Å². The number of aliphatic hydroxyl groups excluding tert-OH is 1. The molecule has 124 valence electrons. The van der Waals surface area contributed by atoms with Gasteiger partial charge >= 0.3 is 0 Å². The summed E-state index contributed by atoms with van der Waals surface area (Å²) < 4.78 is 23.0. The van der Waals surface area contributed by atoms with Gasteiger partial charge in [0.05, 0.1) is 24.7 Å². The third kappa shape index (κ3) is 5.23. The Balaban J connectivity index is 2.64. The van der Waals surface area contributed by atoms with Gasteiger partial charge in [-0.2, -0.15) is 0 Å². The van der Waals surface area contributed by atoms with Gasteiger partial charge in [0.15, 0.2) is 9.84 Å². The highest BCUT2D eigenvalue weighted by atomic mass is 32.2. The molecule has 0 aromatic carbocycles. The molecule has 1 saturated heterocycles. The van der Waals surface area contributed by atoms with Crippen LogP contribution in [0.5, 0.6) is 0 Å². The summed E-state index contributed by atoms with van der Waals surface area (Å²) in [4.78, 5) is 15.9. The number of sulfone groups is 1. The summed E-state index contributed by atoms with van der Waals surface area (Å²) >= 11 is 0. The Morgan fingerprint density at radius 3 is 2.38 bits per heavy atom. The van der Waals surface area contributed by atoms with Crippen LogP contribution in [0.2, 0.25) is 0 Å². The fourth-order valence-corrected chi connectivity index (χ4v) is 4.67. The quantitative estimate of drug-likeness (QED) is 0.687. The summed E-state index contributed by atoms with van der Waals surface area (Å²) in [5.74, 6) is 0.167. The van der Waals surface area contributed by atoms with Crippen molar-refractivity contribution in [2.75, 3.05) is 38.2 Å². The zero-order chi connectivity index (χ0) is 16.0. The van der Waals surface area contributed by atoms with Crippen molar-refractivity contribution in [2.24, 2.45) is 0 Å². The SMILES string of the molecule is CCC(CC)N(CCO)CC(=O)N(C)C1CCS(=O)(=O)C1. The maximum absolute atomic E-state index is 12.4. The van der Waals surface area contributed by atoms with E-state index in [1.807, 2.05) is 4.90 Å². The van der Waals surface area contributed by atoms with Crippen LogP contribution in [0.1, 0.15) is 33.1 Å². The Morgan fingerprint density at radius 1 is 1.33 bits per heavy atom. The minimum atomic E-state index is -2.99. The molecule has 0 aromatic rings. The van der Waals surface area contributed by atoms with Gasteiger partial charge in [0.1, 0.15) is 0 Å². The summed E-state index contributed by atoms with van der Waals surface area (Å²) in [6, 6.07) is 0.0574. The molecule has 1 fully saturated rings. The molecule has 0 spiro atoms. The molecule has 7 heteroatoms. The number of carbonyl (C=O) groups is 1. The highest BCUT2D eigenvalue weighted by molar-refractivity contribution is 7.91. The fourth-order valence-electron chi connectivity index (χ4n) is 2.89. The maximum atomic E-state index is 12.4. The monoisotopic (exact) mass is 320 g/mol. The highest BCUT2D eigenvalue weighted by Crippen LogP contribution is 2.17. The van der Waals surface area contributed by atoms with Crippen molar-refractivity contribution in [3.63, 3.8) is 0 Å². The lowest BCUT2D eigenvalue weighted by Crippen LogP contribution is -2.47. The third-order valence-corrected chi connectivity index (χ3v) is 6.08. The molecule has 21 heavy (non-hydrogen) atoms. The van der Waals surface area contributed by atoms with Crippen LogP contribution < -0.4 is 0 Å². The second-order valence-electron chi connectivity index (χ2n) is 5.73. The van der Waals surface area contributed by atoms with Gasteiger partial charge in [-0.3, -0.25) is 9.69 Å². The lowest BCUT2D eigenvalue weighted by atomic mass is 10.1. The van der Waals surface area contributed by atoms with Crippen LogP contribution >= 0.6 is 0 Å². The minimum Gasteiger partial charge on any atom is -0.395 e. The summed E-state index contributed by atoms with van der Waals surface area (Å²) in [5.41, 5.74) is 0. The summed E-state index contributed by atoms with van der Waals surface area (Å²) in [7, 11) is -1.31. The number of nitrogens with zero attached hydrogens (tertiary/aromatic N) is 2. The van der Waals surface area contributed by atoms with Gasteiger partial charge in [0, 0.05) is 25.7 Å². The Hall–Kier alpha value is -0.660. The number of aliphatic hydroxyl groups is 1. The lowest BCUT2D eigenvalue weighted by molar-refractivity contribution is -0.133. The van der Waals surface area contributed by atoms with E-state index in [9.17, 15) is 13.2 Å². The molecule has 1 rings (SSSR count). The van der Waals surface area contributed by atoms with Crippen molar-refractivity contribution >= 4 is 15.7 Å². The first-order valence-electron chi connectivity index (χ1n) is 7.65. The molecule has 1 unspecified atom stereocenters. The molecule has 0 aromatic heterocycles. The van der Waals surface area contributed by atoms with Gasteiger partial charge in [-0.05, 0) is 19.3 Å². The molecule has 1 aliphatic heterocycles. The number of rotatable bonds is 8. The van der Waals surface area contributed by atoms with E-state index in [4.69, 9.17) is 5.11 Å². The van der Waals surface area contributed by atoms with Crippen molar-refractivity contribution in [1.82, 2.24) is 9.80 Å². The predicted molar refractivity (Wildman–Crippen MR) is 82.9 cm³/mol. The molecular formula is C14H28N2O4S. The molecule has 0 radical (unpaired) electrons. The first-order valence-corrected chi connectivity index (χ1v) is 9.47. The lowest BCUT2D eigenvalue weighted by Gasteiger charge is -2.32. The highest BCUT2D eigenvalue weighted by Gasteiger charge is 2.33. The van der Waals surface area contributed by atoms with Crippen LogP contribution in [0.4, 0.5) is 0 Å². The first kappa shape index (κ1) is 18.4. The minimum absolute atomic E-state index is 0.0191. The second kappa shape index (κ2) is 8.10. The number of carbonyl (C=O) groups excluding carboxylic acids is 1. The van der Waals surface area contributed by atoms with E-state index < -0.39 is 9.84 Å². The molecular weight excluding hydrogens is 292 g/mol. The zero-order valence-corrected chi connectivity index (χ0v) is 14.1. The summed E-state index contributed by atoms with van der Waals surface area (Å²) in [5, 5.41) is 9.16. The van der Waals surface area contributed by atoms with E-state index in [0.717, 1.165) is 12.8 Å². The van der Waals surface area contributed by atoms with Crippen LogP contribution in [-0.2, 0) is 14.6 Å². The molecule has 1 atom stereocenters. The average molecular weight is 320 g/mol. The topological polar surface area (TPSA) is 77.9 Å². The van der Waals surface area contributed by atoms with Gasteiger partial charge in [0.2, 0.25) is 5.91 Å². The molecule has 0 saturated carbocycles. The van der Waals surface area contributed by atoms with E-state index in [1.165, 1.54) is 0 Å². The van der Waals surface area contributed by atoms with E-state index in [2.05, 4.69) is 13.8 Å². The van der Waals surface area contributed by atoms with Crippen LogP contribution in [0.25, 0.3) is 0 Å². The van der Waals surface area contributed by atoms with Crippen molar-refractivity contribution < 1.29 is 18.3 Å². The molecule has 1 aliphatic rings. The van der Waals surface area contributed by atoms with Gasteiger partial charge in [-0.1, -0.05) is 13.8 Å². The summed E-state index contributed by atoms with van der Waals surface area (Å²) in [6.07, 6.45) is 2.37. The molecule has 0 aliphatic carbocycles. The van der Waals surface area contributed by atoms with Crippen LogP contribution in [-0.4, -0.2) is 79.6 Å². The largest absolute Gasteiger partial charge is 0.395 e. The molecule has 0 bridgehead atoms. The fraction of sp³-hybridized carbons (Fsp3) is 0.929. The van der Waals surface area contributed by atoms with Crippen molar-refractivity contribution in [3.05, 3.63) is 0 Å². The maximum Gasteiger partial charge on any atom is 0.236 e. The van der Waals surface area contributed by atoms with Gasteiger partial charge in [-0.25, -0.2) is 8.42 Å². The molecule has 1 N–H and O–H groups in total. The standard InChI is InChI=1S/C14H28N2O4S/c1-4-12(5-2)16(7-8-17)10-14(18)15(3)13-6-9-21(19,20)11-13/h12-13,17H,4-11H2,1-3H3. The number of hydrogen-bond donors (Lipinski definition) is 1. The zero-order valence-electron chi connectivity index (χ0n) is 13.3.